The number of aromatic nitrogens is 3. The quantitative estimate of drug-likeness (QED) is 0.733. The van der Waals surface area contributed by atoms with Gasteiger partial charge in [0.05, 0.1) is 5.69 Å². The highest BCUT2D eigenvalue weighted by molar-refractivity contribution is 5.83. The molecule has 0 amide bonds. The number of benzene rings is 1. The average molecular weight is 332 g/mol. The highest BCUT2D eigenvalue weighted by Gasteiger charge is 2.24. The van der Waals surface area contributed by atoms with Gasteiger partial charge in [0, 0.05) is 56.4 Å². The van der Waals surface area contributed by atoms with Crippen molar-refractivity contribution in [3.8, 4) is 0 Å². The standard InChI is InChI=1S/C21H24N4/c1-24-12-17(18-4-2-3-5-20(18)24)13-25-9-8-16-11-22-21(10-15-6-7-15)23-19(16)14-25/h2-5,11-12,15H,6-10,13-14H2,1H3. The minimum atomic E-state index is 0.841. The van der Waals surface area contributed by atoms with Crippen LogP contribution in [-0.2, 0) is 33.0 Å². The van der Waals surface area contributed by atoms with Crippen molar-refractivity contribution in [1.82, 2.24) is 19.4 Å². The van der Waals surface area contributed by atoms with E-state index in [1.807, 2.05) is 0 Å². The molecule has 1 aliphatic carbocycles. The molecule has 128 valence electrons. The second-order valence-corrected chi connectivity index (χ2v) is 7.65. The molecule has 3 aromatic rings. The van der Waals surface area contributed by atoms with Crippen LogP contribution in [0.15, 0.2) is 36.7 Å². The van der Waals surface area contributed by atoms with Gasteiger partial charge < -0.3 is 4.57 Å². The Hall–Kier alpha value is -2.20. The minimum Gasteiger partial charge on any atom is -0.350 e. The fourth-order valence-electron chi connectivity index (χ4n) is 4.00. The lowest BCUT2D eigenvalue weighted by Crippen LogP contribution is -2.31. The van der Waals surface area contributed by atoms with Crippen molar-refractivity contribution in [3.05, 3.63) is 59.3 Å². The van der Waals surface area contributed by atoms with Crippen LogP contribution < -0.4 is 0 Å². The van der Waals surface area contributed by atoms with Gasteiger partial charge in [-0.15, -0.1) is 0 Å². The first-order chi connectivity index (χ1) is 12.3. The van der Waals surface area contributed by atoms with Gasteiger partial charge in [-0.05, 0) is 42.4 Å². The van der Waals surface area contributed by atoms with Crippen LogP contribution in [0.5, 0.6) is 0 Å². The molecule has 0 radical (unpaired) electrons. The van der Waals surface area contributed by atoms with Gasteiger partial charge in [-0.25, -0.2) is 9.97 Å². The summed E-state index contributed by atoms with van der Waals surface area (Å²) in [7, 11) is 2.13. The van der Waals surface area contributed by atoms with E-state index in [9.17, 15) is 0 Å². The number of aryl methyl sites for hydroxylation is 1. The Balaban J connectivity index is 1.37. The maximum absolute atomic E-state index is 4.89. The van der Waals surface area contributed by atoms with Crippen molar-refractivity contribution in [1.29, 1.82) is 0 Å². The number of rotatable bonds is 4. The average Bonchev–Trinajstić information content (AvgIpc) is 3.39. The van der Waals surface area contributed by atoms with Crippen LogP contribution in [0.25, 0.3) is 10.9 Å². The van der Waals surface area contributed by atoms with E-state index in [-0.39, 0.29) is 0 Å². The van der Waals surface area contributed by atoms with Gasteiger partial charge in [0.15, 0.2) is 0 Å². The minimum absolute atomic E-state index is 0.841. The third kappa shape index (κ3) is 2.95. The monoisotopic (exact) mass is 332 g/mol. The summed E-state index contributed by atoms with van der Waals surface area (Å²) in [5, 5.41) is 1.37. The van der Waals surface area contributed by atoms with E-state index in [1.165, 1.54) is 40.6 Å². The van der Waals surface area contributed by atoms with E-state index < -0.39 is 0 Å². The molecule has 1 fully saturated rings. The highest BCUT2D eigenvalue weighted by Crippen LogP contribution is 2.32. The third-order valence-corrected chi connectivity index (χ3v) is 5.62. The van der Waals surface area contributed by atoms with Gasteiger partial charge in [-0.3, -0.25) is 4.90 Å². The van der Waals surface area contributed by atoms with Gasteiger partial charge in [0.25, 0.3) is 0 Å². The Morgan fingerprint density at radius 1 is 1.20 bits per heavy atom. The summed E-state index contributed by atoms with van der Waals surface area (Å²) in [5.74, 6) is 1.89. The molecule has 0 saturated heterocycles. The molecule has 0 atom stereocenters. The van der Waals surface area contributed by atoms with Crippen molar-refractivity contribution in [2.75, 3.05) is 6.54 Å². The van der Waals surface area contributed by atoms with Crippen LogP contribution in [-0.4, -0.2) is 26.0 Å². The zero-order valence-electron chi connectivity index (χ0n) is 14.8. The Bertz CT molecular complexity index is 923. The summed E-state index contributed by atoms with van der Waals surface area (Å²) in [5.41, 5.74) is 5.31. The summed E-state index contributed by atoms with van der Waals surface area (Å²) in [4.78, 5) is 12.0. The third-order valence-electron chi connectivity index (χ3n) is 5.62. The van der Waals surface area contributed by atoms with Crippen molar-refractivity contribution in [2.45, 2.75) is 38.8 Å². The van der Waals surface area contributed by atoms with Gasteiger partial charge in [0.1, 0.15) is 5.82 Å². The lowest BCUT2D eigenvalue weighted by molar-refractivity contribution is 0.241. The lowest BCUT2D eigenvalue weighted by atomic mass is 10.1. The zero-order valence-corrected chi connectivity index (χ0v) is 14.8. The summed E-state index contributed by atoms with van der Waals surface area (Å²) in [6, 6.07) is 8.68. The number of fused-ring (bicyclic) bond motifs is 2. The molecule has 0 spiro atoms. The molecule has 0 bridgehead atoms. The molecule has 4 nitrogen and oxygen atoms in total. The predicted molar refractivity (Wildman–Crippen MR) is 99.2 cm³/mol. The topological polar surface area (TPSA) is 34.0 Å². The van der Waals surface area contributed by atoms with Crippen LogP contribution in [0.2, 0.25) is 0 Å². The van der Waals surface area contributed by atoms with Crippen molar-refractivity contribution in [3.63, 3.8) is 0 Å². The summed E-state index contributed by atoms with van der Waals surface area (Å²) in [6.45, 7) is 3.02. The van der Waals surface area contributed by atoms with Crippen molar-refractivity contribution in [2.24, 2.45) is 13.0 Å². The highest BCUT2D eigenvalue weighted by atomic mass is 15.1. The molecule has 25 heavy (non-hydrogen) atoms. The second kappa shape index (κ2) is 5.95. The molecule has 2 aromatic heterocycles. The molecule has 1 aliphatic heterocycles. The molecule has 1 aromatic carbocycles. The van der Waals surface area contributed by atoms with Crippen molar-refractivity contribution >= 4 is 10.9 Å². The van der Waals surface area contributed by atoms with E-state index in [4.69, 9.17) is 4.98 Å². The molecule has 3 heterocycles. The van der Waals surface area contributed by atoms with Gasteiger partial charge in [-0.2, -0.15) is 0 Å². The molecule has 5 rings (SSSR count). The lowest BCUT2D eigenvalue weighted by Gasteiger charge is -2.27. The van der Waals surface area contributed by atoms with E-state index in [2.05, 4.69) is 58.2 Å². The van der Waals surface area contributed by atoms with E-state index in [0.717, 1.165) is 44.2 Å². The van der Waals surface area contributed by atoms with Crippen LogP contribution in [0, 0.1) is 5.92 Å². The first-order valence-electron chi connectivity index (χ1n) is 9.35. The zero-order chi connectivity index (χ0) is 16.8. The van der Waals surface area contributed by atoms with Gasteiger partial charge >= 0.3 is 0 Å². The SMILES string of the molecule is Cn1cc(CN2CCc3cnc(CC4CC4)nc3C2)c2ccccc21. The van der Waals surface area contributed by atoms with E-state index >= 15 is 0 Å². The largest absolute Gasteiger partial charge is 0.350 e. The molecule has 1 saturated carbocycles. The smallest absolute Gasteiger partial charge is 0.128 e. The van der Waals surface area contributed by atoms with E-state index in [0.29, 0.717) is 0 Å². The molecular formula is C21H24N4. The van der Waals surface area contributed by atoms with E-state index in [1.54, 1.807) is 0 Å². The summed E-state index contributed by atoms with van der Waals surface area (Å²) < 4.78 is 2.23. The van der Waals surface area contributed by atoms with Crippen LogP contribution in [0.4, 0.5) is 0 Å². The summed E-state index contributed by atoms with van der Waals surface area (Å²) in [6.07, 6.45) is 9.19. The van der Waals surface area contributed by atoms with Crippen LogP contribution in [0.3, 0.4) is 0 Å². The molecule has 0 N–H and O–H groups in total. The van der Waals surface area contributed by atoms with Crippen molar-refractivity contribution < 1.29 is 0 Å². The number of nitrogens with zero attached hydrogens (tertiary/aromatic N) is 4. The van der Waals surface area contributed by atoms with Gasteiger partial charge in [-0.1, -0.05) is 18.2 Å². The number of hydrogen-bond acceptors (Lipinski definition) is 3. The Labute approximate surface area is 148 Å². The maximum Gasteiger partial charge on any atom is 0.128 e. The fraction of sp³-hybridized carbons (Fsp3) is 0.429. The Morgan fingerprint density at radius 2 is 2.08 bits per heavy atom. The summed E-state index contributed by atoms with van der Waals surface area (Å²) >= 11 is 0. The number of para-hydroxylation sites is 1. The van der Waals surface area contributed by atoms with Gasteiger partial charge in [0.2, 0.25) is 0 Å². The first kappa shape index (κ1) is 15.1. The van der Waals surface area contributed by atoms with Crippen LogP contribution in [0.1, 0.15) is 35.5 Å². The molecule has 0 unspecified atom stereocenters. The fourth-order valence-corrected chi connectivity index (χ4v) is 4.00. The Morgan fingerprint density at radius 3 is 2.96 bits per heavy atom. The maximum atomic E-state index is 4.89. The predicted octanol–water partition coefficient (Wildman–Crippen LogP) is 3.48. The second-order valence-electron chi connectivity index (χ2n) is 7.65. The molecular weight excluding hydrogens is 308 g/mol. The molecule has 4 heteroatoms. The Kier molecular flexibility index (Phi) is 3.59. The first-order valence-corrected chi connectivity index (χ1v) is 9.35. The normalized spacial score (nSPS) is 17.8. The molecule has 2 aliphatic rings. The van der Waals surface area contributed by atoms with Crippen LogP contribution >= 0.6 is 0 Å². The number of hydrogen-bond donors (Lipinski definition) is 0.